The molecule has 0 aliphatic carbocycles. The van der Waals surface area contributed by atoms with Gasteiger partial charge in [-0.2, -0.15) is 0 Å². The molecule has 0 bridgehead atoms. The Morgan fingerprint density at radius 3 is 1.66 bits per heavy atom. The van der Waals surface area contributed by atoms with Crippen LogP contribution in [-0.4, -0.2) is 45.0 Å². The second-order valence-corrected chi connectivity index (χ2v) is 15.4. The average molecular weight is 488 g/mol. The van der Waals surface area contributed by atoms with Crippen LogP contribution in [0, 0.1) is 0 Å². The van der Waals surface area contributed by atoms with Gasteiger partial charge in [0.1, 0.15) is 5.60 Å². The van der Waals surface area contributed by atoms with Crippen LogP contribution in [0.4, 0.5) is 4.79 Å². The molecule has 0 heterocycles. The Balaban J connectivity index is 2.12. The Morgan fingerprint density at radius 1 is 0.886 bits per heavy atom. The molecule has 0 aliphatic heterocycles. The minimum atomic E-state index is -1.62. The number of ether oxygens (including phenoxy) is 2. The molecule has 0 saturated heterocycles. The predicted octanol–water partition coefficient (Wildman–Crippen LogP) is 6.89. The van der Waals surface area contributed by atoms with Crippen LogP contribution in [0.2, 0.25) is 19.6 Å². The van der Waals surface area contributed by atoms with Gasteiger partial charge < -0.3 is 14.4 Å². The van der Waals surface area contributed by atoms with Gasteiger partial charge in [0.05, 0.1) is 27.8 Å². The lowest BCUT2D eigenvalue weighted by Crippen LogP contribution is -2.51. The fourth-order valence-corrected chi connectivity index (χ4v) is 5.85. The van der Waals surface area contributed by atoms with E-state index in [1.807, 2.05) is 65.6 Å². The van der Waals surface area contributed by atoms with Crippen molar-refractivity contribution < 1.29 is 14.3 Å². The molecule has 4 nitrogen and oxygen atoms in total. The van der Waals surface area contributed by atoms with Gasteiger partial charge in [0.25, 0.3) is 0 Å². The fraction of sp³-hybridized carbons (Fsp3) is 0.300. The summed E-state index contributed by atoms with van der Waals surface area (Å²) < 4.78 is 12.2. The van der Waals surface area contributed by atoms with Crippen LogP contribution in [0.3, 0.4) is 0 Å². The van der Waals surface area contributed by atoms with Crippen molar-refractivity contribution in [1.29, 1.82) is 0 Å². The van der Waals surface area contributed by atoms with E-state index in [1.165, 1.54) is 7.11 Å². The molecule has 0 saturated carbocycles. The third-order valence-corrected chi connectivity index (χ3v) is 7.26. The standard InChI is InChI=1S/C30H37NO3Si/c1-6-16-28(31(29(32)33-2)24-35(3,4)5)23-34-30(25-17-10-7-11-18-25,26-19-12-8-13-20-26)27-21-14-9-15-22-27/h6-15,17-22,28H,1,16,23-24H2,2-5H3. The lowest BCUT2D eigenvalue weighted by Gasteiger charge is -2.40. The summed E-state index contributed by atoms with van der Waals surface area (Å²) in [4.78, 5) is 14.7. The molecule has 1 unspecified atom stereocenters. The summed E-state index contributed by atoms with van der Waals surface area (Å²) in [5.41, 5.74) is 2.25. The Kier molecular flexibility index (Phi) is 9.07. The average Bonchev–Trinajstić information content (AvgIpc) is 2.88. The molecular weight excluding hydrogens is 450 g/mol. The number of hydrogen-bond donors (Lipinski definition) is 0. The van der Waals surface area contributed by atoms with Gasteiger partial charge in [-0.1, -0.05) is 117 Å². The van der Waals surface area contributed by atoms with Gasteiger partial charge in [0.2, 0.25) is 0 Å². The zero-order chi connectivity index (χ0) is 25.3. The van der Waals surface area contributed by atoms with E-state index >= 15 is 0 Å². The van der Waals surface area contributed by atoms with Crippen LogP contribution in [0.5, 0.6) is 0 Å². The molecule has 0 spiro atoms. The second kappa shape index (κ2) is 12.0. The van der Waals surface area contributed by atoms with E-state index in [0.29, 0.717) is 19.2 Å². The lowest BCUT2D eigenvalue weighted by molar-refractivity contribution is -0.0187. The molecule has 184 valence electrons. The number of carbonyl (C=O) groups is 1. The van der Waals surface area contributed by atoms with Crippen molar-refractivity contribution in [2.75, 3.05) is 19.9 Å². The number of rotatable bonds is 11. The summed E-state index contributed by atoms with van der Waals surface area (Å²) >= 11 is 0. The first-order valence-corrected chi connectivity index (χ1v) is 15.8. The summed E-state index contributed by atoms with van der Waals surface area (Å²) in [5, 5.41) is 0. The molecule has 3 rings (SSSR count). The minimum absolute atomic E-state index is 0.206. The van der Waals surface area contributed by atoms with E-state index in [9.17, 15) is 4.79 Å². The van der Waals surface area contributed by atoms with Crippen molar-refractivity contribution in [1.82, 2.24) is 4.90 Å². The molecule has 0 aliphatic rings. The third kappa shape index (κ3) is 6.50. The summed E-state index contributed by atoms with van der Waals surface area (Å²) in [7, 11) is -0.185. The monoisotopic (exact) mass is 487 g/mol. The number of hydrogen-bond acceptors (Lipinski definition) is 3. The molecule has 1 atom stereocenters. The van der Waals surface area contributed by atoms with E-state index < -0.39 is 13.7 Å². The molecule has 0 fully saturated rings. The van der Waals surface area contributed by atoms with Crippen LogP contribution >= 0.6 is 0 Å². The SMILES string of the molecule is C=CCC(COC(c1ccccc1)(c1ccccc1)c1ccccc1)N(C[Si](C)(C)C)C(=O)OC. The summed E-state index contributed by atoms with van der Waals surface area (Å²) in [5.74, 6) is 0. The number of methoxy groups -OCH3 is 1. The maximum absolute atomic E-state index is 12.9. The van der Waals surface area contributed by atoms with Crippen molar-refractivity contribution in [3.63, 3.8) is 0 Å². The largest absolute Gasteiger partial charge is 0.453 e. The predicted molar refractivity (Wildman–Crippen MR) is 146 cm³/mol. The number of nitrogens with zero attached hydrogens (tertiary/aromatic N) is 1. The summed E-state index contributed by atoms with van der Waals surface area (Å²) in [6.07, 6.45) is 2.81. The zero-order valence-electron chi connectivity index (χ0n) is 21.3. The van der Waals surface area contributed by atoms with E-state index in [0.717, 1.165) is 16.7 Å². The molecule has 3 aromatic carbocycles. The van der Waals surface area contributed by atoms with Crippen molar-refractivity contribution in [3.8, 4) is 0 Å². The number of amides is 1. The molecular formula is C30H37NO3Si. The smallest absolute Gasteiger partial charge is 0.409 e. The lowest BCUT2D eigenvalue weighted by atomic mass is 9.80. The molecule has 0 N–H and O–H groups in total. The Morgan fingerprint density at radius 2 is 1.31 bits per heavy atom. The highest BCUT2D eigenvalue weighted by Gasteiger charge is 2.39. The maximum Gasteiger partial charge on any atom is 0.409 e. The third-order valence-electron chi connectivity index (χ3n) is 5.97. The van der Waals surface area contributed by atoms with Crippen molar-refractivity contribution >= 4 is 14.2 Å². The Bertz CT molecular complexity index is 968. The highest BCUT2D eigenvalue weighted by Crippen LogP contribution is 2.40. The van der Waals surface area contributed by atoms with Gasteiger partial charge >= 0.3 is 6.09 Å². The van der Waals surface area contributed by atoms with Crippen LogP contribution < -0.4 is 0 Å². The van der Waals surface area contributed by atoms with Gasteiger partial charge in [-0.05, 0) is 23.1 Å². The molecule has 5 heteroatoms. The minimum Gasteiger partial charge on any atom is -0.453 e. The summed E-state index contributed by atoms with van der Waals surface area (Å²) in [6, 6.07) is 30.6. The van der Waals surface area contributed by atoms with E-state index in [2.05, 4.69) is 62.6 Å². The van der Waals surface area contributed by atoms with Gasteiger partial charge in [0, 0.05) is 6.17 Å². The highest BCUT2D eigenvalue weighted by atomic mass is 28.3. The zero-order valence-corrected chi connectivity index (χ0v) is 22.3. The Hall–Kier alpha value is -3.15. The normalized spacial score (nSPS) is 12.6. The first-order valence-electron chi connectivity index (χ1n) is 12.1. The van der Waals surface area contributed by atoms with Crippen LogP contribution in [-0.2, 0) is 15.1 Å². The first kappa shape index (κ1) is 26.5. The van der Waals surface area contributed by atoms with Gasteiger partial charge in [0.15, 0.2) is 0 Å². The molecule has 35 heavy (non-hydrogen) atoms. The van der Waals surface area contributed by atoms with E-state index in [4.69, 9.17) is 9.47 Å². The van der Waals surface area contributed by atoms with Gasteiger partial charge in [-0.3, -0.25) is 0 Å². The van der Waals surface area contributed by atoms with Crippen LogP contribution in [0.1, 0.15) is 23.1 Å². The fourth-order valence-electron chi connectivity index (χ4n) is 4.44. The first-order chi connectivity index (χ1) is 16.8. The van der Waals surface area contributed by atoms with Gasteiger partial charge in [-0.15, -0.1) is 6.58 Å². The van der Waals surface area contributed by atoms with Crippen molar-refractivity contribution in [2.24, 2.45) is 0 Å². The highest BCUT2D eigenvalue weighted by molar-refractivity contribution is 6.76. The number of carbonyl (C=O) groups excluding carboxylic acids is 1. The Labute approximate surface area is 211 Å². The van der Waals surface area contributed by atoms with Gasteiger partial charge in [-0.25, -0.2) is 4.79 Å². The van der Waals surface area contributed by atoms with Crippen LogP contribution in [0.25, 0.3) is 0 Å². The molecule has 0 aromatic heterocycles. The second-order valence-electron chi connectivity index (χ2n) is 9.93. The van der Waals surface area contributed by atoms with E-state index in [-0.39, 0.29) is 12.1 Å². The molecule has 0 radical (unpaired) electrons. The summed E-state index contributed by atoms with van der Waals surface area (Å²) in [6.45, 7) is 11.0. The maximum atomic E-state index is 12.9. The number of benzene rings is 3. The molecule has 1 amide bonds. The molecule has 3 aromatic rings. The van der Waals surface area contributed by atoms with E-state index in [1.54, 1.807) is 0 Å². The van der Waals surface area contributed by atoms with Crippen LogP contribution in [0.15, 0.2) is 104 Å². The quantitative estimate of drug-likeness (QED) is 0.168. The topological polar surface area (TPSA) is 38.8 Å². The van der Waals surface area contributed by atoms with Crippen molar-refractivity contribution in [2.45, 2.75) is 37.7 Å². The van der Waals surface area contributed by atoms with Crippen molar-refractivity contribution in [3.05, 3.63) is 120 Å².